The summed E-state index contributed by atoms with van der Waals surface area (Å²) in [7, 11) is 4.03. The van der Waals surface area contributed by atoms with Crippen molar-refractivity contribution in [2.75, 3.05) is 20.6 Å². The lowest BCUT2D eigenvalue weighted by molar-refractivity contribution is -0.916. The molecule has 0 spiro atoms. The number of aliphatic carboxylic acids is 1. The van der Waals surface area contributed by atoms with Gasteiger partial charge in [0.05, 0.1) is 33.1 Å². The van der Waals surface area contributed by atoms with Gasteiger partial charge in [-0.25, -0.2) is 0 Å². The van der Waals surface area contributed by atoms with E-state index in [2.05, 4.69) is 4.84 Å². The summed E-state index contributed by atoms with van der Waals surface area (Å²) in [6.07, 6.45) is 2.87. The molecule has 0 saturated heterocycles. The van der Waals surface area contributed by atoms with Crippen molar-refractivity contribution >= 4 is 5.97 Å². The van der Waals surface area contributed by atoms with Crippen LogP contribution in [0.25, 0.3) is 0 Å². The predicted octanol–water partition coefficient (Wildman–Crippen LogP) is 1.06. The first kappa shape index (κ1) is 14.7. The van der Waals surface area contributed by atoms with Crippen molar-refractivity contribution < 1.29 is 24.3 Å². The quantitative estimate of drug-likeness (QED) is 0.438. The van der Waals surface area contributed by atoms with Crippen LogP contribution in [0.3, 0.4) is 0 Å². The Morgan fingerprint density at radius 3 is 2.39 bits per heavy atom. The normalized spacial score (nSPS) is 24.6. The van der Waals surface area contributed by atoms with Crippen LogP contribution in [0.15, 0.2) is 0 Å². The maximum Gasteiger partial charge on any atom is 0.309 e. The highest BCUT2D eigenvalue weighted by Crippen LogP contribution is 2.27. The Hall–Kier alpha value is -1.37. The fourth-order valence-corrected chi connectivity index (χ4v) is 2.54. The van der Waals surface area contributed by atoms with Crippen LogP contribution in [0.2, 0.25) is 0 Å². The summed E-state index contributed by atoms with van der Waals surface area (Å²) in [4.78, 5) is 25.4. The number of hydrogen-bond acceptors (Lipinski definition) is 4. The predicted molar refractivity (Wildman–Crippen MR) is 63.4 cm³/mol. The fraction of sp³-hybridized carbons (Fsp3) is 0.909. The van der Waals surface area contributed by atoms with Gasteiger partial charge in [-0.05, 0) is 12.8 Å². The number of rotatable bonds is 6. The molecule has 0 unspecified atom stereocenters. The molecule has 7 heteroatoms. The fourth-order valence-electron chi connectivity index (χ4n) is 2.54. The van der Waals surface area contributed by atoms with E-state index in [0.29, 0.717) is 29.9 Å². The molecule has 7 nitrogen and oxygen atoms in total. The molecule has 1 aliphatic carbocycles. The molecule has 0 bridgehead atoms. The van der Waals surface area contributed by atoms with E-state index in [4.69, 9.17) is 5.11 Å². The van der Waals surface area contributed by atoms with Crippen molar-refractivity contribution in [3.8, 4) is 0 Å². The zero-order valence-corrected chi connectivity index (χ0v) is 10.9. The zero-order chi connectivity index (χ0) is 13.8. The summed E-state index contributed by atoms with van der Waals surface area (Å²) < 4.78 is 0.650. The third-order valence-corrected chi connectivity index (χ3v) is 3.77. The van der Waals surface area contributed by atoms with E-state index in [1.807, 2.05) is 14.1 Å². The molecule has 1 fully saturated rings. The summed E-state index contributed by atoms with van der Waals surface area (Å²) in [6, 6.07) is 0.357. The maximum absolute atomic E-state index is 10.6. The van der Waals surface area contributed by atoms with Crippen LogP contribution in [0.1, 0.15) is 32.1 Å². The third kappa shape index (κ3) is 4.48. The number of hydrogen-bond donors (Lipinski definition) is 1. The molecule has 1 rings (SSSR count). The summed E-state index contributed by atoms with van der Waals surface area (Å²) in [5, 5.41) is 18.2. The average molecular weight is 261 g/mol. The van der Waals surface area contributed by atoms with E-state index in [-0.39, 0.29) is 12.5 Å². The topological polar surface area (TPSA) is 89.7 Å². The summed E-state index contributed by atoms with van der Waals surface area (Å²) in [6.45, 7) is 0.584. The molecule has 18 heavy (non-hydrogen) atoms. The van der Waals surface area contributed by atoms with Crippen LogP contribution in [-0.2, 0) is 9.63 Å². The van der Waals surface area contributed by atoms with Crippen molar-refractivity contribution in [2.45, 2.75) is 44.2 Å². The van der Waals surface area contributed by atoms with Gasteiger partial charge in [-0.2, -0.15) is 0 Å². The molecule has 0 heterocycles. The Balaban J connectivity index is 2.41. The minimum absolute atomic E-state index is 0.151. The van der Waals surface area contributed by atoms with Gasteiger partial charge in [0.15, 0.2) is 0 Å². The van der Waals surface area contributed by atoms with E-state index in [9.17, 15) is 14.9 Å². The van der Waals surface area contributed by atoms with Crippen molar-refractivity contribution in [3.63, 3.8) is 0 Å². The van der Waals surface area contributed by atoms with Crippen LogP contribution in [0.4, 0.5) is 0 Å². The second-order valence-corrected chi connectivity index (χ2v) is 5.41. The number of carboxylic acid groups (broad SMARTS) is 1. The highest BCUT2D eigenvalue weighted by Gasteiger charge is 2.34. The molecule has 104 valence electrons. The number of nitrogens with zero attached hydrogens (tertiary/aromatic N) is 2. The van der Waals surface area contributed by atoms with Gasteiger partial charge in [0.25, 0.3) is 5.09 Å². The van der Waals surface area contributed by atoms with Crippen molar-refractivity contribution in [1.82, 2.24) is 0 Å². The monoisotopic (exact) mass is 261 g/mol. The van der Waals surface area contributed by atoms with Crippen molar-refractivity contribution in [2.24, 2.45) is 0 Å². The average Bonchev–Trinajstić information content (AvgIpc) is 2.26. The SMILES string of the molecule is C[N+](C)(CCC(=O)O)[C@H]1CC[C@H](O[N+](=O)[O-])CC1. The maximum atomic E-state index is 10.6. The molecule has 1 aliphatic rings. The second kappa shape index (κ2) is 5.99. The molecule has 0 aromatic rings. The van der Waals surface area contributed by atoms with Crippen molar-refractivity contribution in [3.05, 3.63) is 10.1 Å². The van der Waals surface area contributed by atoms with Gasteiger partial charge >= 0.3 is 5.97 Å². The Kier molecular flexibility index (Phi) is 4.89. The van der Waals surface area contributed by atoms with Crippen molar-refractivity contribution in [1.29, 1.82) is 0 Å². The first-order valence-electron chi connectivity index (χ1n) is 6.17. The summed E-state index contributed by atoms with van der Waals surface area (Å²) in [5.41, 5.74) is 0. The van der Waals surface area contributed by atoms with Crippen LogP contribution in [0, 0.1) is 10.1 Å². The largest absolute Gasteiger partial charge is 0.481 e. The molecule has 0 radical (unpaired) electrons. The van der Waals surface area contributed by atoms with Crippen LogP contribution < -0.4 is 0 Å². The number of carboxylic acids is 1. The second-order valence-electron chi connectivity index (χ2n) is 5.41. The molecular formula is C11H21N2O5+. The molecule has 0 atom stereocenters. The van der Waals surface area contributed by atoms with Crippen LogP contribution in [-0.4, -0.2) is 53.4 Å². The first-order valence-corrected chi connectivity index (χ1v) is 6.17. The van der Waals surface area contributed by atoms with Crippen LogP contribution in [0.5, 0.6) is 0 Å². The molecule has 0 aromatic carbocycles. The Morgan fingerprint density at radius 1 is 1.39 bits per heavy atom. The highest BCUT2D eigenvalue weighted by molar-refractivity contribution is 5.66. The lowest BCUT2D eigenvalue weighted by Crippen LogP contribution is -2.51. The number of carbonyl (C=O) groups is 1. The number of quaternary nitrogens is 1. The zero-order valence-electron chi connectivity index (χ0n) is 10.9. The van der Waals surface area contributed by atoms with E-state index in [1.165, 1.54) is 0 Å². The molecule has 0 amide bonds. The minimum atomic E-state index is -0.786. The van der Waals surface area contributed by atoms with E-state index in [0.717, 1.165) is 12.8 Å². The van der Waals surface area contributed by atoms with Gasteiger partial charge in [0, 0.05) is 12.8 Å². The van der Waals surface area contributed by atoms with Gasteiger partial charge < -0.3 is 14.4 Å². The standard InChI is InChI=1S/C11H20N2O5/c1-13(2,8-7-11(14)15)9-3-5-10(6-4-9)18-12(16)17/h9-10H,3-8H2,1-2H3/p+1/t9-,10-. The molecule has 1 saturated carbocycles. The van der Waals surface area contributed by atoms with Crippen LogP contribution >= 0.6 is 0 Å². The van der Waals surface area contributed by atoms with E-state index < -0.39 is 11.1 Å². The Morgan fingerprint density at radius 2 is 1.94 bits per heavy atom. The Labute approximate surface area is 106 Å². The summed E-state index contributed by atoms with van der Waals surface area (Å²) in [5.74, 6) is -0.786. The van der Waals surface area contributed by atoms with Gasteiger partial charge in [-0.1, -0.05) is 0 Å². The molecule has 0 aliphatic heterocycles. The van der Waals surface area contributed by atoms with E-state index >= 15 is 0 Å². The molecule has 0 aromatic heterocycles. The first-order chi connectivity index (χ1) is 8.31. The van der Waals surface area contributed by atoms with Gasteiger partial charge in [0.1, 0.15) is 6.10 Å². The van der Waals surface area contributed by atoms with Gasteiger partial charge in [0.2, 0.25) is 0 Å². The Bertz CT molecular complexity index is 311. The van der Waals surface area contributed by atoms with Gasteiger partial charge in [-0.3, -0.25) is 4.79 Å². The molecular weight excluding hydrogens is 240 g/mol. The lowest BCUT2D eigenvalue weighted by Gasteiger charge is -2.41. The smallest absolute Gasteiger partial charge is 0.309 e. The molecule has 1 N–H and O–H groups in total. The summed E-state index contributed by atoms with van der Waals surface area (Å²) >= 11 is 0. The van der Waals surface area contributed by atoms with E-state index in [1.54, 1.807) is 0 Å². The highest BCUT2D eigenvalue weighted by atomic mass is 17.0. The van der Waals surface area contributed by atoms with Gasteiger partial charge in [-0.15, -0.1) is 10.1 Å². The minimum Gasteiger partial charge on any atom is -0.481 e. The third-order valence-electron chi connectivity index (χ3n) is 3.77. The lowest BCUT2D eigenvalue weighted by atomic mass is 9.91.